The van der Waals surface area contributed by atoms with Crippen LogP contribution in [0, 0.1) is 0 Å². The van der Waals surface area contributed by atoms with E-state index in [9.17, 15) is 0 Å². The smallest absolute Gasteiger partial charge is 0.0949 e. The zero-order valence-electron chi connectivity index (χ0n) is 7.59. The summed E-state index contributed by atoms with van der Waals surface area (Å²) in [5.74, 6) is 5.30. The summed E-state index contributed by atoms with van der Waals surface area (Å²) in [5, 5.41) is 0. The number of anilines is 1. The van der Waals surface area contributed by atoms with Crippen LogP contribution in [-0.4, -0.2) is 14.5 Å². The SMILES string of the molecule is NNc1ccnc(Cn2ccnc2)c1. The third-order valence-electron chi connectivity index (χ3n) is 1.89. The second kappa shape index (κ2) is 3.89. The first-order chi connectivity index (χ1) is 6.88. The number of rotatable bonds is 3. The van der Waals surface area contributed by atoms with E-state index in [0.29, 0.717) is 6.54 Å². The number of aromatic nitrogens is 3. The molecule has 0 aliphatic heterocycles. The van der Waals surface area contributed by atoms with E-state index in [1.165, 1.54) is 0 Å². The highest BCUT2D eigenvalue weighted by Gasteiger charge is 1.96. The minimum absolute atomic E-state index is 0.704. The molecule has 14 heavy (non-hydrogen) atoms. The number of hydrogen-bond acceptors (Lipinski definition) is 4. The molecule has 5 nitrogen and oxygen atoms in total. The van der Waals surface area contributed by atoms with Crippen molar-refractivity contribution in [1.29, 1.82) is 0 Å². The Labute approximate surface area is 81.6 Å². The molecule has 0 atom stereocenters. The molecule has 0 saturated heterocycles. The van der Waals surface area contributed by atoms with Gasteiger partial charge >= 0.3 is 0 Å². The lowest BCUT2D eigenvalue weighted by molar-refractivity contribution is 0.773. The van der Waals surface area contributed by atoms with Crippen molar-refractivity contribution < 1.29 is 0 Å². The van der Waals surface area contributed by atoms with Crippen molar-refractivity contribution in [2.75, 3.05) is 5.43 Å². The fourth-order valence-corrected chi connectivity index (χ4v) is 1.22. The molecule has 72 valence electrons. The highest BCUT2D eigenvalue weighted by Crippen LogP contribution is 2.07. The van der Waals surface area contributed by atoms with Gasteiger partial charge in [0.1, 0.15) is 0 Å². The van der Waals surface area contributed by atoms with E-state index < -0.39 is 0 Å². The van der Waals surface area contributed by atoms with Crippen molar-refractivity contribution in [3.05, 3.63) is 42.7 Å². The molecule has 5 heteroatoms. The zero-order valence-corrected chi connectivity index (χ0v) is 7.59. The maximum absolute atomic E-state index is 5.30. The molecule has 2 rings (SSSR count). The van der Waals surface area contributed by atoms with Gasteiger partial charge in [-0.2, -0.15) is 0 Å². The summed E-state index contributed by atoms with van der Waals surface area (Å²) in [4.78, 5) is 8.17. The Morgan fingerprint density at radius 1 is 1.43 bits per heavy atom. The van der Waals surface area contributed by atoms with E-state index in [1.54, 1.807) is 18.7 Å². The van der Waals surface area contributed by atoms with Crippen molar-refractivity contribution in [3.63, 3.8) is 0 Å². The van der Waals surface area contributed by atoms with Gasteiger partial charge in [0.15, 0.2) is 0 Å². The summed E-state index contributed by atoms with van der Waals surface area (Å²) in [5.41, 5.74) is 4.38. The van der Waals surface area contributed by atoms with Gasteiger partial charge in [-0.15, -0.1) is 0 Å². The number of imidazole rings is 1. The standard InChI is InChI=1S/C9H11N5/c10-13-8-1-2-12-9(5-8)6-14-4-3-11-7-14/h1-5,7H,6,10H2,(H,12,13). The van der Waals surface area contributed by atoms with E-state index >= 15 is 0 Å². The van der Waals surface area contributed by atoms with E-state index in [2.05, 4.69) is 15.4 Å². The molecule has 2 aromatic heterocycles. The molecule has 0 unspecified atom stereocenters. The second-order valence-electron chi connectivity index (χ2n) is 2.92. The van der Waals surface area contributed by atoms with Gasteiger partial charge in [0.05, 0.1) is 24.3 Å². The Balaban J connectivity index is 2.17. The Morgan fingerprint density at radius 2 is 2.36 bits per heavy atom. The van der Waals surface area contributed by atoms with Gasteiger partial charge in [0.25, 0.3) is 0 Å². The van der Waals surface area contributed by atoms with Gasteiger partial charge in [0.2, 0.25) is 0 Å². The van der Waals surface area contributed by atoms with Crippen molar-refractivity contribution in [2.24, 2.45) is 5.84 Å². The van der Waals surface area contributed by atoms with Gasteiger partial charge in [0, 0.05) is 18.6 Å². The summed E-state index contributed by atoms with van der Waals surface area (Å²) in [6.45, 7) is 0.704. The van der Waals surface area contributed by atoms with Crippen molar-refractivity contribution in [2.45, 2.75) is 6.54 Å². The number of nitrogen functional groups attached to an aromatic ring is 1. The number of hydrogen-bond donors (Lipinski definition) is 2. The van der Waals surface area contributed by atoms with Crippen LogP contribution in [0.25, 0.3) is 0 Å². The van der Waals surface area contributed by atoms with Gasteiger partial charge < -0.3 is 9.99 Å². The van der Waals surface area contributed by atoms with Crippen molar-refractivity contribution in [3.8, 4) is 0 Å². The monoisotopic (exact) mass is 189 g/mol. The minimum Gasteiger partial charge on any atom is -0.331 e. The van der Waals surface area contributed by atoms with E-state index in [4.69, 9.17) is 5.84 Å². The minimum atomic E-state index is 0.704. The molecule has 0 fully saturated rings. The summed E-state index contributed by atoms with van der Waals surface area (Å²) in [7, 11) is 0. The summed E-state index contributed by atoms with van der Waals surface area (Å²) in [6, 6.07) is 3.72. The third-order valence-corrected chi connectivity index (χ3v) is 1.89. The average Bonchev–Trinajstić information content (AvgIpc) is 2.71. The first-order valence-corrected chi connectivity index (χ1v) is 4.26. The highest BCUT2D eigenvalue weighted by molar-refractivity contribution is 5.41. The molecule has 3 N–H and O–H groups in total. The fourth-order valence-electron chi connectivity index (χ4n) is 1.22. The van der Waals surface area contributed by atoms with Gasteiger partial charge in [-0.3, -0.25) is 10.8 Å². The molecule has 2 heterocycles. The first kappa shape index (κ1) is 8.71. The van der Waals surface area contributed by atoms with Crippen molar-refractivity contribution >= 4 is 5.69 Å². The Kier molecular flexibility index (Phi) is 2.42. The first-order valence-electron chi connectivity index (χ1n) is 4.26. The Morgan fingerprint density at radius 3 is 3.07 bits per heavy atom. The quantitative estimate of drug-likeness (QED) is 0.548. The van der Waals surface area contributed by atoms with E-state index in [0.717, 1.165) is 11.4 Å². The van der Waals surface area contributed by atoms with Gasteiger partial charge in [-0.05, 0) is 12.1 Å². The van der Waals surface area contributed by atoms with E-state index in [1.807, 2.05) is 22.9 Å². The maximum Gasteiger partial charge on any atom is 0.0949 e. The summed E-state index contributed by atoms with van der Waals surface area (Å²) < 4.78 is 1.95. The second-order valence-corrected chi connectivity index (χ2v) is 2.92. The lowest BCUT2D eigenvalue weighted by Crippen LogP contribution is -2.08. The molecule has 2 aromatic rings. The number of pyridine rings is 1. The third kappa shape index (κ3) is 1.89. The fraction of sp³-hybridized carbons (Fsp3) is 0.111. The molecule has 0 saturated carbocycles. The largest absolute Gasteiger partial charge is 0.331 e. The maximum atomic E-state index is 5.30. The molecular weight excluding hydrogens is 178 g/mol. The lowest BCUT2D eigenvalue weighted by atomic mass is 10.3. The average molecular weight is 189 g/mol. The molecule has 0 amide bonds. The van der Waals surface area contributed by atoms with Crippen LogP contribution in [-0.2, 0) is 6.54 Å². The number of hydrazine groups is 1. The van der Waals surface area contributed by atoms with Crippen LogP contribution in [0.15, 0.2) is 37.1 Å². The topological polar surface area (TPSA) is 68.8 Å². The Hall–Kier alpha value is -1.88. The molecule has 0 aromatic carbocycles. The predicted molar refractivity (Wildman–Crippen MR) is 53.4 cm³/mol. The number of nitrogens with zero attached hydrogens (tertiary/aromatic N) is 3. The van der Waals surface area contributed by atoms with Gasteiger partial charge in [-0.25, -0.2) is 4.98 Å². The van der Waals surface area contributed by atoms with Crippen LogP contribution >= 0.6 is 0 Å². The number of nitrogens with two attached hydrogens (primary N) is 1. The zero-order chi connectivity index (χ0) is 9.80. The summed E-state index contributed by atoms with van der Waals surface area (Å²) >= 11 is 0. The van der Waals surface area contributed by atoms with Gasteiger partial charge in [-0.1, -0.05) is 0 Å². The molecule has 0 bridgehead atoms. The molecule has 0 aliphatic rings. The van der Waals surface area contributed by atoms with Crippen molar-refractivity contribution in [1.82, 2.24) is 14.5 Å². The molecule has 0 spiro atoms. The van der Waals surface area contributed by atoms with Crippen LogP contribution < -0.4 is 11.3 Å². The molecule has 0 radical (unpaired) electrons. The molecule has 0 aliphatic carbocycles. The summed E-state index contributed by atoms with van der Waals surface area (Å²) in [6.07, 6.45) is 7.11. The van der Waals surface area contributed by atoms with Crippen LogP contribution in [0.5, 0.6) is 0 Å². The molecular formula is C9H11N5. The number of nitrogens with one attached hydrogen (secondary N) is 1. The van der Waals surface area contributed by atoms with Crippen LogP contribution in [0.2, 0.25) is 0 Å². The predicted octanol–water partition coefficient (Wildman–Crippen LogP) is 0.612. The Bertz CT molecular complexity index is 395. The normalized spacial score (nSPS) is 10.1. The lowest BCUT2D eigenvalue weighted by Gasteiger charge is -2.03. The van der Waals surface area contributed by atoms with Crippen LogP contribution in [0.4, 0.5) is 5.69 Å². The van der Waals surface area contributed by atoms with Crippen LogP contribution in [0.3, 0.4) is 0 Å². The highest BCUT2D eigenvalue weighted by atomic mass is 15.2. The van der Waals surface area contributed by atoms with E-state index in [-0.39, 0.29) is 0 Å². The van der Waals surface area contributed by atoms with Crippen LogP contribution in [0.1, 0.15) is 5.69 Å².